The van der Waals surface area contributed by atoms with Crippen LogP contribution in [0.25, 0.3) is 21.8 Å². The predicted octanol–water partition coefficient (Wildman–Crippen LogP) is 15.4. The molecule has 4 saturated heterocycles. The van der Waals surface area contributed by atoms with Crippen molar-refractivity contribution < 1.29 is 103 Å². The third-order valence-electron chi connectivity index (χ3n) is 24.2. The average molecular weight is 1690 g/mol. The second-order valence-electron chi connectivity index (χ2n) is 32.1. The number of alkyl carbamates (subject to hydrolysis) is 2. The quantitative estimate of drug-likeness (QED) is 0.0305. The first-order valence-electron chi connectivity index (χ1n) is 41.2. The summed E-state index contributed by atoms with van der Waals surface area (Å²) >= 11 is 6.68. The summed E-state index contributed by atoms with van der Waals surface area (Å²) in [5.41, 5.74) is -0.150. The second kappa shape index (κ2) is 37.7. The number of carbonyl (C=O) groups is 6. The highest BCUT2D eigenvalue weighted by Gasteiger charge is 2.68. The number of ether oxygens (including phenoxy) is 8. The highest BCUT2D eigenvalue weighted by molar-refractivity contribution is 7.59. The van der Waals surface area contributed by atoms with Crippen LogP contribution in [0, 0.1) is 35.1 Å². The van der Waals surface area contributed by atoms with Gasteiger partial charge in [0.2, 0.25) is 50.1 Å². The molecule has 634 valence electrons. The first kappa shape index (κ1) is 86.2. The van der Waals surface area contributed by atoms with Gasteiger partial charge in [0.15, 0.2) is 0 Å². The lowest BCUT2D eigenvalue weighted by Gasteiger charge is -2.31. The Kier molecular flexibility index (Phi) is 27.8. The summed E-state index contributed by atoms with van der Waals surface area (Å²) < 4.78 is 135. The van der Waals surface area contributed by atoms with Gasteiger partial charge in [-0.05, 0) is 164 Å². The number of nitrogens with zero attached hydrogens (tertiary/aromatic N) is 4. The van der Waals surface area contributed by atoms with Crippen LogP contribution in [0.3, 0.4) is 0 Å². The normalized spacial score (nSPS) is 26.6. The number of methoxy groups -OCH3 is 2. The van der Waals surface area contributed by atoms with Crippen LogP contribution < -0.4 is 49.7 Å². The fourth-order valence-electron chi connectivity index (χ4n) is 17.8. The monoisotopic (exact) mass is 1690 g/mol. The standard InChI is InChI=1S/C42H52ClF2N4O9P.C42H53F2N4O9P/c1-3-56-36-21-35(28-18-19-34(55-2)37(43)38(28)47-36)57-27-20-33-39(50)48-42(59(53,54)24-29-30(44)15-11-16-31(29)45)22-25(42)12-7-5-4-6-8-17-32(40(51)49(33)23-27)46-41(52)58-26-13-9-10-14-26;1-3-55-38-22-37(30-19-18-28(54-2)20-35(30)45-38)56-29-21-36-39(49)47-42(58(52,53)25-31-32(43)15-11-16-33(31)44)23-26(42)12-7-5-4-6-8-17-34(40(50)48(36)24-29)46-41(51)57-27-13-9-10-14-27/h11,15-16,18-19,21,25-27,32-33H,3-10,12-14,17,20,22-24H2,1-2H3,(H,46,52)(H,48,50)(H,53,54);11,15-16,18-20,22,26-27,29,34,36H,3-10,12-14,17,21,23-25H2,1-2H3,(H,46,51)(H,47,49)(H,52,53)/t25-,27?,32+,33+,42+;26-,29?,34+,36+,42+/m11/s1. The minimum atomic E-state index is -4.53. The number of hydrogen-bond acceptors (Lipinski definition) is 18. The Balaban J connectivity index is 0.000000203. The predicted molar refractivity (Wildman–Crippen MR) is 427 cm³/mol. The fourth-order valence-corrected chi connectivity index (χ4v) is 23.1. The van der Waals surface area contributed by atoms with Gasteiger partial charge in [-0.25, -0.2) is 37.1 Å². The molecule has 8 fully saturated rings. The molecule has 6 aromatic rings. The van der Waals surface area contributed by atoms with Crippen molar-refractivity contribution in [2.24, 2.45) is 11.8 Å². The number of pyridine rings is 2. The summed E-state index contributed by atoms with van der Waals surface area (Å²) in [6.45, 7) is 4.13. The zero-order valence-electron chi connectivity index (χ0n) is 66.4. The molecule has 117 heavy (non-hydrogen) atoms. The van der Waals surface area contributed by atoms with Gasteiger partial charge in [-0.3, -0.25) is 28.3 Å². The topological polar surface area (TPSA) is 331 Å². The zero-order chi connectivity index (χ0) is 82.9. The van der Waals surface area contributed by atoms with E-state index in [9.17, 15) is 65.2 Å². The molecule has 8 aliphatic rings. The maximum Gasteiger partial charge on any atom is 0.408 e. The van der Waals surface area contributed by atoms with Gasteiger partial charge in [0.05, 0.1) is 58.4 Å². The Hall–Kier alpha value is -8.69. The maximum absolute atomic E-state index is 14.9. The molecule has 0 radical (unpaired) electrons. The third-order valence-corrected chi connectivity index (χ3v) is 29.9. The largest absolute Gasteiger partial charge is 0.497 e. The van der Waals surface area contributed by atoms with Crippen molar-refractivity contribution in [1.29, 1.82) is 0 Å². The minimum absolute atomic E-state index is 0.000822. The number of benzene rings is 4. The van der Waals surface area contributed by atoms with E-state index in [1.165, 1.54) is 29.0 Å². The number of amides is 6. The van der Waals surface area contributed by atoms with Gasteiger partial charge < -0.3 is 78.7 Å². The van der Waals surface area contributed by atoms with E-state index in [1.54, 1.807) is 56.5 Å². The van der Waals surface area contributed by atoms with Crippen LogP contribution in [0.5, 0.6) is 34.8 Å². The Labute approximate surface area is 682 Å². The molecule has 4 saturated carbocycles. The lowest BCUT2D eigenvalue weighted by molar-refractivity contribution is -0.140. The van der Waals surface area contributed by atoms with Crippen molar-refractivity contribution in [3.63, 3.8) is 0 Å². The summed E-state index contributed by atoms with van der Waals surface area (Å²) in [4.78, 5) is 120. The van der Waals surface area contributed by atoms with Crippen molar-refractivity contribution in [3.8, 4) is 34.8 Å². The van der Waals surface area contributed by atoms with Crippen LogP contribution in [0.4, 0.5) is 27.2 Å². The fraction of sp³-hybridized carbons (Fsp3) is 0.571. The van der Waals surface area contributed by atoms with Crippen LogP contribution >= 0.6 is 26.3 Å². The number of nitrogens with one attached hydrogen (secondary N) is 4. The van der Waals surface area contributed by atoms with E-state index in [0.717, 1.165) is 114 Å². The van der Waals surface area contributed by atoms with E-state index in [4.69, 9.17) is 49.5 Å². The first-order valence-corrected chi connectivity index (χ1v) is 45.3. The van der Waals surface area contributed by atoms with Crippen LogP contribution in [-0.4, -0.2) is 165 Å². The van der Waals surface area contributed by atoms with Crippen LogP contribution in [0.1, 0.15) is 192 Å². The Bertz CT molecular complexity index is 4700. The maximum atomic E-state index is 14.9. The van der Waals surface area contributed by atoms with Crippen molar-refractivity contribution in [1.82, 2.24) is 41.0 Å². The highest BCUT2D eigenvalue weighted by Crippen LogP contribution is 2.73. The van der Waals surface area contributed by atoms with E-state index in [1.807, 2.05) is 6.92 Å². The van der Waals surface area contributed by atoms with Gasteiger partial charge in [-0.1, -0.05) is 87.9 Å². The molecule has 0 bridgehead atoms. The molecular weight excluding hydrogens is 1580 g/mol. The van der Waals surface area contributed by atoms with E-state index in [-0.39, 0.29) is 61.9 Å². The summed E-state index contributed by atoms with van der Waals surface area (Å²) in [7, 11) is -6.02. The number of carbonyl (C=O) groups excluding carboxylic acids is 6. The van der Waals surface area contributed by atoms with Gasteiger partial charge in [0.25, 0.3) is 0 Å². The van der Waals surface area contributed by atoms with Crippen molar-refractivity contribution >= 4 is 84.0 Å². The Morgan fingerprint density at radius 2 is 0.940 bits per heavy atom. The highest BCUT2D eigenvalue weighted by atomic mass is 35.5. The molecule has 12 atom stereocenters. The van der Waals surface area contributed by atoms with E-state index < -0.39 is 156 Å². The average Bonchev–Trinajstić information content (AvgIpc) is 1.55. The van der Waals surface area contributed by atoms with Gasteiger partial charge >= 0.3 is 12.2 Å². The van der Waals surface area contributed by atoms with Crippen LogP contribution in [-0.2, 0) is 50.1 Å². The minimum Gasteiger partial charge on any atom is -0.497 e. The number of aromatic nitrogens is 2. The van der Waals surface area contributed by atoms with Gasteiger partial charge in [0, 0.05) is 52.9 Å². The SMILES string of the molecule is CCOc1cc(OC2C[C@H]3C(=O)N[C@]4(P(=O)(O)Cc5c(F)cccc5F)C[C@H]4CCCCCCC[C@H](NC(=O)OC4CCCC4)C(=O)N3C2)c2ccc(OC)c(Cl)c2n1.CCOc1cc(OC2C[C@H]3C(=O)N[C@]4(P(=O)(O)Cc5c(F)cccc5F)C[C@H]4CCCCCCC[C@H](NC(=O)OC4CCCC4)C(=O)N3C2)c2ccc(OC)cc2n1. The molecule has 6 N–H and O–H groups in total. The molecule has 0 spiro atoms. The van der Waals surface area contributed by atoms with Crippen LogP contribution in [0.2, 0.25) is 5.02 Å². The summed E-state index contributed by atoms with van der Waals surface area (Å²) in [5.74, 6) is -4.87. The molecule has 33 heteroatoms. The van der Waals surface area contributed by atoms with Crippen molar-refractivity contribution in [3.05, 3.63) is 118 Å². The molecule has 4 aliphatic heterocycles. The van der Waals surface area contributed by atoms with E-state index in [2.05, 4.69) is 31.2 Å². The number of rotatable bonds is 20. The zero-order valence-corrected chi connectivity index (χ0v) is 69.0. The van der Waals surface area contributed by atoms with Crippen LogP contribution in [0.15, 0.2) is 78.9 Å². The van der Waals surface area contributed by atoms with Gasteiger partial charge in [-0.15, -0.1) is 0 Å². The van der Waals surface area contributed by atoms with E-state index >= 15 is 0 Å². The Morgan fingerprint density at radius 3 is 1.38 bits per heavy atom. The number of halogens is 5. The Morgan fingerprint density at radius 1 is 0.530 bits per heavy atom. The molecule has 6 amide bonds. The van der Waals surface area contributed by atoms with Gasteiger partial charge in [0.1, 0.15) is 116 Å². The third kappa shape index (κ3) is 19.8. The molecular formula is C84H105ClF4N8O18P2. The smallest absolute Gasteiger partial charge is 0.408 e. The van der Waals surface area contributed by atoms with Crippen molar-refractivity contribution in [2.75, 3.05) is 40.5 Å². The molecule has 6 heterocycles. The molecule has 4 aliphatic carbocycles. The molecule has 4 aromatic carbocycles. The lowest BCUT2D eigenvalue weighted by atomic mass is 10.0. The first-order chi connectivity index (χ1) is 56.2. The molecule has 2 aromatic heterocycles. The summed E-state index contributed by atoms with van der Waals surface area (Å²) in [5, 5.41) is 9.43. The molecule has 26 nitrogen and oxygen atoms in total. The second-order valence-corrected chi connectivity index (χ2v) is 37.5. The number of fused-ring (bicyclic) bond motifs is 6. The summed E-state index contributed by atoms with van der Waals surface area (Å²) in [6, 6.07) is 14.0. The summed E-state index contributed by atoms with van der Waals surface area (Å²) in [6.07, 6.45) is 11.1. The number of hydrogen-bond donors (Lipinski definition) is 6. The molecule has 4 unspecified atom stereocenters. The van der Waals surface area contributed by atoms with E-state index in [0.29, 0.717) is 115 Å². The lowest BCUT2D eigenvalue weighted by Crippen LogP contribution is -2.55. The van der Waals surface area contributed by atoms with Crippen molar-refractivity contribution in [2.45, 2.75) is 252 Å². The molecule has 14 rings (SSSR count). The van der Waals surface area contributed by atoms with Gasteiger partial charge in [-0.2, -0.15) is 0 Å².